The topological polar surface area (TPSA) is 43.4 Å². The Bertz CT molecular complexity index is 558. The molecule has 16 heavy (non-hydrogen) atoms. The number of carbonyl (C=O) groups is 2. The number of benzene rings is 2. The predicted octanol–water partition coefficient (Wildman–Crippen LogP) is 2.54. The fourth-order valence-corrected chi connectivity index (χ4v) is 1.51. The van der Waals surface area contributed by atoms with Gasteiger partial charge in [-0.3, -0.25) is 4.79 Å². The second-order valence-electron chi connectivity index (χ2n) is 3.44. The normalized spacial score (nSPS) is 10.1. The van der Waals surface area contributed by atoms with Crippen molar-refractivity contribution in [2.75, 3.05) is 0 Å². The molecule has 0 heterocycles. The summed E-state index contributed by atoms with van der Waals surface area (Å²) in [6, 6.07) is 12.9. The highest BCUT2D eigenvalue weighted by atomic mass is 16.6. The molecule has 0 bridgehead atoms. The van der Waals surface area contributed by atoms with Crippen LogP contribution in [0.5, 0.6) is 0 Å². The molecule has 2 rings (SSSR count). The van der Waals surface area contributed by atoms with Gasteiger partial charge in [-0.15, -0.1) is 0 Å². The van der Waals surface area contributed by atoms with Crippen LogP contribution in [0.3, 0.4) is 0 Å². The van der Waals surface area contributed by atoms with Gasteiger partial charge in [-0.05, 0) is 22.9 Å². The Morgan fingerprint density at radius 2 is 1.69 bits per heavy atom. The summed E-state index contributed by atoms with van der Waals surface area (Å²) >= 11 is 0. The minimum absolute atomic E-state index is 0.383. The summed E-state index contributed by atoms with van der Waals surface area (Å²) < 4.78 is 4.51. The maximum Gasteiger partial charge on any atom is 0.345 e. The van der Waals surface area contributed by atoms with Crippen molar-refractivity contribution in [2.45, 2.75) is 6.92 Å². The van der Waals surface area contributed by atoms with E-state index in [2.05, 4.69) is 4.74 Å². The second-order valence-corrected chi connectivity index (χ2v) is 3.44. The maximum atomic E-state index is 11.5. The van der Waals surface area contributed by atoms with Crippen molar-refractivity contribution in [3.8, 4) is 0 Å². The second kappa shape index (κ2) is 4.14. The van der Waals surface area contributed by atoms with E-state index in [4.69, 9.17) is 0 Å². The van der Waals surface area contributed by atoms with Crippen LogP contribution in [0.2, 0.25) is 0 Å². The molecule has 0 amide bonds. The first kappa shape index (κ1) is 10.4. The van der Waals surface area contributed by atoms with E-state index >= 15 is 0 Å². The number of ether oxygens (including phenoxy) is 1. The summed E-state index contributed by atoms with van der Waals surface area (Å²) in [7, 11) is 0. The molecule has 0 radical (unpaired) electrons. The van der Waals surface area contributed by atoms with Crippen LogP contribution in [-0.4, -0.2) is 11.9 Å². The molecule has 2 aromatic carbocycles. The van der Waals surface area contributed by atoms with E-state index in [0.29, 0.717) is 5.56 Å². The number of esters is 2. The smallest absolute Gasteiger partial charge is 0.345 e. The van der Waals surface area contributed by atoms with E-state index in [1.54, 1.807) is 12.1 Å². The molecule has 0 aliphatic carbocycles. The van der Waals surface area contributed by atoms with Crippen LogP contribution in [0.15, 0.2) is 42.5 Å². The van der Waals surface area contributed by atoms with Crippen LogP contribution >= 0.6 is 0 Å². The molecule has 0 unspecified atom stereocenters. The Morgan fingerprint density at radius 1 is 1.00 bits per heavy atom. The van der Waals surface area contributed by atoms with Gasteiger partial charge in [0, 0.05) is 6.92 Å². The molecular weight excluding hydrogens is 204 g/mol. The van der Waals surface area contributed by atoms with E-state index in [1.807, 2.05) is 30.3 Å². The summed E-state index contributed by atoms with van der Waals surface area (Å²) in [4.78, 5) is 22.1. The largest absolute Gasteiger partial charge is 0.390 e. The first-order valence-corrected chi connectivity index (χ1v) is 4.88. The number of rotatable bonds is 1. The molecule has 0 atom stereocenters. The lowest BCUT2D eigenvalue weighted by molar-refractivity contribution is -0.135. The molecule has 0 fully saturated rings. The average Bonchev–Trinajstić information content (AvgIpc) is 2.27. The van der Waals surface area contributed by atoms with Gasteiger partial charge in [-0.1, -0.05) is 30.3 Å². The van der Waals surface area contributed by atoms with Crippen molar-refractivity contribution < 1.29 is 14.3 Å². The molecule has 0 saturated carbocycles. The quantitative estimate of drug-likeness (QED) is 0.541. The zero-order valence-electron chi connectivity index (χ0n) is 8.77. The van der Waals surface area contributed by atoms with Gasteiger partial charge in [0.2, 0.25) is 0 Å². The monoisotopic (exact) mass is 214 g/mol. The van der Waals surface area contributed by atoms with Gasteiger partial charge >= 0.3 is 11.9 Å². The molecule has 0 aromatic heterocycles. The first-order valence-electron chi connectivity index (χ1n) is 4.88. The van der Waals surface area contributed by atoms with Crippen LogP contribution in [0.25, 0.3) is 10.8 Å². The third kappa shape index (κ3) is 2.08. The van der Waals surface area contributed by atoms with E-state index in [0.717, 1.165) is 10.8 Å². The van der Waals surface area contributed by atoms with Crippen LogP contribution < -0.4 is 0 Å². The van der Waals surface area contributed by atoms with Gasteiger partial charge in [0.05, 0.1) is 5.56 Å². The standard InChI is InChI=1S/C13H10O3/c1-9(14)16-13(15)12-7-6-10-4-2-3-5-11(10)8-12/h2-8H,1H3. The van der Waals surface area contributed by atoms with Crippen molar-refractivity contribution in [1.82, 2.24) is 0 Å². The van der Waals surface area contributed by atoms with E-state index in [1.165, 1.54) is 6.92 Å². The minimum atomic E-state index is -0.613. The number of hydrogen-bond donors (Lipinski definition) is 0. The SMILES string of the molecule is CC(=O)OC(=O)c1ccc2ccccc2c1. The lowest BCUT2D eigenvalue weighted by Crippen LogP contribution is -2.08. The lowest BCUT2D eigenvalue weighted by atomic mass is 10.1. The molecule has 3 heteroatoms. The molecule has 0 spiro atoms. The highest BCUT2D eigenvalue weighted by Gasteiger charge is 2.09. The Labute approximate surface area is 92.6 Å². The Hall–Kier alpha value is -2.16. The molecule has 2 aromatic rings. The summed E-state index contributed by atoms with van der Waals surface area (Å²) in [6.07, 6.45) is 0. The third-order valence-corrected chi connectivity index (χ3v) is 2.22. The van der Waals surface area contributed by atoms with Crippen LogP contribution in [-0.2, 0) is 9.53 Å². The Morgan fingerprint density at radius 3 is 2.38 bits per heavy atom. The number of carbonyl (C=O) groups excluding carboxylic acids is 2. The fraction of sp³-hybridized carbons (Fsp3) is 0.0769. The van der Waals surface area contributed by atoms with Crippen LogP contribution in [0, 0.1) is 0 Å². The number of fused-ring (bicyclic) bond motifs is 1. The van der Waals surface area contributed by atoms with Crippen molar-refractivity contribution >= 4 is 22.7 Å². The molecule has 0 aliphatic heterocycles. The lowest BCUT2D eigenvalue weighted by Gasteiger charge is -2.02. The molecule has 0 N–H and O–H groups in total. The maximum absolute atomic E-state index is 11.5. The van der Waals surface area contributed by atoms with Gasteiger partial charge in [-0.2, -0.15) is 0 Å². The summed E-state index contributed by atoms with van der Waals surface area (Å²) in [5, 5.41) is 1.99. The van der Waals surface area contributed by atoms with Gasteiger partial charge in [0.25, 0.3) is 0 Å². The predicted molar refractivity (Wildman–Crippen MR) is 60.0 cm³/mol. The molecular formula is C13H10O3. The van der Waals surface area contributed by atoms with Gasteiger partial charge in [0.15, 0.2) is 0 Å². The molecule has 0 saturated heterocycles. The zero-order valence-corrected chi connectivity index (χ0v) is 8.77. The van der Waals surface area contributed by atoms with E-state index < -0.39 is 11.9 Å². The molecule has 80 valence electrons. The highest BCUT2D eigenvalue weighted by molar-refractivity contribution is 5.99. The average molecular weight is 214 g/mol. The van der Waals surface area contributed by atoms with E-state index in [9.17, 15) is 9.59 Å². The van der Waals surface area contributed by atoms with Gasteiger partial charge in [0.1, 0.15) is 0 Å². The minimum Gasteiger partial charge on any atom is -0.390 e. The van der Waals surface area contributed by atoms with Gasteiger partial charge < -0.3 is 4.74 Å². The van der Waals surface area contributed by atoms with Crippen molar-refractivity contribution in [2.24, 2.45) is 0 Å². The van der Waals surface area contributed by atoms with Crippen molar-refractivity contribution in [3.63, 3.8) is 0 Å². The van der Waals surface area contributed by atoms with Crippen molar-refractivity contribution in [3.05, 3.63) is 48.0 Å². The van der Waals surface area contributed by atoms with Crippen LogP contribution in [0.4, 0.5) is 0 Å². The summed E-state index contributed by atoms with van der Waals surface area (Å²) in [5.74, 6) is -1.21. The summed E-state index contributed by atoms with van der Waals surface area (Å²) in [5.41, 5.74) is 0.383. The third-order valence-electron chi connectivity index (χ3n) is 2.22. The highest BCUT2D eigenvalue weighted by Crippen LogP contribution is 2.16. The van der Waals surface area contributed by atoms with E-state index in [-0.39, 0.29) is 0 Å². The Kier molecular flexibility index (Phi) is 2.68. The zero-order chi connectivity index (χ0) is 11.5. The fourth-order valence-electron chi connectivity index (χ4n) is 1.51. The molecule has 3 nitrogen and oxygen atoms in total. The summed E-state index contributed by atoms with van der Waals surface area (Å²) in [6.45, 7) is 1.21. The van der Waals surface area contributed by atoms with Gasteiger partial charge in [-0.25, -0.2) is 4.79 Å². The van der Waals surface area contributed by atoms with Crippen LogP contribution in [0.1, 0.15) is 17.3 Å². The number of hydrogen-bond acceptors (Lipinski definition) is 3. The molecule has 0 aliphatic rings. The first-order chi connectivity index (χ1) is 7.66. The Balaban J connectivity index is 2.39. The van der Waals surface area contributed by atoms with Crippen molar-refractivity contribution in [1.29, 1.82) is 0 Å².